The zero-order chi connectivity index (χ0) is 15.5. The van der Waals surface area contributed by atoms with Crippen molar-refractivity contribution in [1.82, 2.24) is 9.62 Å². The first-order valence-corrected chi connectivity index (χ1v) is 9.34. The highest BCUT2D eigenvalue weighted by molar-refractivity contribution is 7.89. The lowest BCUT2D eigenvalue weighted by atomic mass is 10.2. The second-order valence-corrected chi connectivity index (χ2v) is 8.10. The number of carbonyl (C=O) groups excluding carboxylic acids is 1. The van der Waals surface area contributed by atoms with Crippen LogP contribution in [0.15, 0.2) is 16.3 Å². The van der Waals surface area contributed by atoms with E-state index in [1.807, 2.05) is 6.92 Å². The number of sulfonamides is 1. The van der Waals surface area contributed by atoms with E-state index in [2.05, 4.69) is 5.32 Å². The molecule has 2 rings (SSSR count). The molecule has 1 atom stereocenters. The number of amides is 1. The zero-order valence-corrected chi connectivity index (χ0v) is 14.9. The third-order valence-corrected chi connectivity index (χ3v) is 6.52. The lowest BCUT2D eigenvalue weighted by Crippen LogP contribution is -2.33. The molecule has 1 amide bonds. The normalized spacial score (nSPS) is 17.0. The van der Waals surface area contributed by atoms with E-state index in [-0.39, 0.29) is 34.0 Å². The fourth-order valence-corrected chi connectivity index (χ4v) is 5.00. The van der Waals surface area contributed by atoms with Gasteiger partial charge in [-0.2, -0.15) is 4.31 Å². The fourth-order valence-electron chi connectivity index (χ4n) is 2.16. The van der Waals surface area contributed by atoms with E-state index in [0.717, 1.165) is 24.2 Å². The van der Waals surface area contributed by atoms with Gasteiger partial charge in [-0.15, -0.1) is 23.7 Å². The summed E-state index contributed by atoms with van der Waals surface area (Å²) in [5.74, 6) is -0.185. The van der Waals surface area contributed by atoms with Gasteiger partial charge in [-0.05, 0) is 36.8 Å². The Morgan fingerprint density at radius 1 is 1.45 bits per heavy atom. The van der Waals surface area contributed by atoms with E-state index >= 15 is 0 Å². The SMILES string of the molecule is CC(CN)CNC(=O)c1sccc1S(=O)(=O)N1CCCC1.Cl. The molecule has 3 N–H and O–H groups in total. The molecule has 1 saturated heterocycles. The van der Waals surface area contributed by atoms with Crippen molar-refractivity contribution in [3.05, 3.63) is 16.3 Å². The summed E-state index contributed by atoms with van der Waals surface area (Å²) < 4.78 is 26.5. The van der Waals surface area contributed by atoms with Gasteiger partial charge in [-0.25, -0.2) is 8.42 Å². The van der Waals surface area contributed by atoms with Crippen molar-refractivity contribution in [2.75, 3.05) is 26.2 Å². The van der Waals surface area contributed by atoms with Gasteiger partial charge in [0.25, 0.3) is 5.91 Å². The Morgan fingerprint density at radius 3 is 2.68 bits per heavy atom. The number of nitrogens with zero attached hydrogens (tertiary/aromatic N) is 1. The maximum Gasteiger partial charge on any atom is 0.262 e. The Bertz CT molecular complexity index is 597. The summed E-state index contributed by atoms with van der Waals surface area (Å²) in [7, 11) is -3.56. The van der Waals surface area contributed by atoms with Gasteiger partial charge in [0, 0.05) is 19.6 Å². The van der Waals surface area contributed by atoms with Crippen LogP contribution in [0.5, 0.6) is 0 Å². The average Bonchev–Trinajstić information content (AvgIpc) is 3.14. The maximum atomic E-state index is 12.5. The lowest BCUT2D eigenvalue weighted by molar-refractivity contribution is 0.0949. The van der Waals surface area contributed by atoms with E-state index in [1.165, 1.54) is 10.4 Å². The summed E-state index contributed by atoms with van der Waals surface area (Å²) in [5.41, 5.74) is 5.51. The number of rotatable bonds is 6. The summed E-state index contributed by atoms with van der Waals surface area (Å²) in [6.07, 6.45) is 1.75. The molecule has 1 aliphatic heterocycles. The Hall–Kier alpha value is -0.670. The van der Waals surface area contributed by atoms with Crippen molar-refractivity contribution in [2.45, 2.75) is 24.7 Å². The Morgan fingerprint density at radius 2 is 2.09 bits per heavy atom. The van der Waals surface area contributed by atoms with Crippen LogP contribution in [0.2, 0.25) is 0 Å². The summed E-state index contributed by atoms with van der Waals surface area (Å²) in [5, 5.41) is 4.39. The molecular formula is C13H22ClN3O3S2. The number of carbonyl (C=O) groups is 1. The second-order valence-electron chi connectivity index (χ2n) is 5.28. The number of hydrogen-bond acceptors (Lipinski definition) is 5. The molecule has 0 aliphatic carbocycles. The predicted octanol–water partition coefficient (Wildman–Crippen LogP) is 1.28. The third-order valence-electron chi connectivity index (χ3n) is 3.53. The van der Waals surface area contributed by atoms with Gasteiger partial charge in [0.05, 0.1) is 0 Å². The molecule has 2 heterocycles. The van der Waals surface area contributed by atoms with Crippen LogP contribution in [-0.4, -0.2) is 44.8 Å². The highest BCUT2D eigenvalue weighted by atomic mass is 35.5. The fraction of sp³-hybridized carbons (Fsp3) is 0.615. The summed E-state index contributed by atoms with van der Waals surface area (Å²) >= 11 is 1.15. The molecule has 0 bridgehead atoms. The summed E-state index contributed by atoms with van der Waals surface area (Å²) in [6.45, 7) is 3.91. The molecule has 1 aromatic heterocycles. The van der Waals surface area contributed by atoms with E-state index < -0.39 is 10.0 Å². The first-order chi connectivity index (χ1) is 9.96. The predicted molar refractivity (Wildman–Crippen MR) is 90.1 cm³/mol. The number of nitrogens with two attached hydrogens (primary N) is 1. The number of hydrogen-bond donors (Lipinski definition) is 2. The van der Waals surface area contributed by atoms with Gasteiger partial charge in [-0.1, -0.05) is 6.92 Å². The number of thiophene rings is 1. The number of nitrogens with one attached hydrogen (secondary N) is 1. The first-order valence-electron chi connectivity index (χ1n) is 7.02. The van der Waals surface area contributed by atoms with E-state index in [4.69, 9.17) is 5.73 Å². The van der Waals surface area contributed by atoms with Crippen molar-refractivity contribution in [3.8, 4) is 0 Å². The van der Waals surface area contributed by atoms with Crippen LogP contribution in [0.1, 0.15) is 29.4 Å². The van der Waals surface area contributed by atoms with E-state index in [1.54, 1.807) is 5.38 Å². The molecular weight excluding hydrogens is 346 g/mol. The molecule has 0 spiro atoms. The number of halogens is 1. The zero-order valence-electron chi connectivity index (χ0n) is 12.4. The molecule has 1 fully saturated rings. The minimum absolute atomic E-state index is 0. The molecule has 126 valence electrons. The first kappa shape index (κ1) is 19.4. The lowest BCUT2D eigenvalue weighted by Gasteiger charge is -2.16. The molecule has 0 saturated carbocycles. The van der Waals surface area contributed by atoms with Crippen LogP contribution >= 0.6 is 23.7 Å². The van der Waals surface area contributed by atoms with Crippen LogP contribution in [0.25, 0.3) is 0 Å². The smallest absolute Gasteiger partial charge is 0.262 e. The summed E-state index contributed by atoms with van der Waals surface area (Å²) in [6, 6.07) is 1.51. The monoisotopic (exact) mass is 367 g/mol. The van der Waals surface area contributed by atoms with Gasteiger partial charge >= 0.3 is 0 Å². The average molecular weight is 368 g/mol. The van der Waals surface area contributed by atoms with Crippen LogP contribution in [0.3, 0.4) is 0 Å². The van der Waals surface area contributed by atoms with Crippen molar-refractivity contribution in [2.24, 2.45) is 11.7 Å². The van der Waals surface area contributed by atoms with Gasteiger partial charge < -0.3 is 11.1 Å². The van der Waals surface area contributed by atoms with E-state index in [0.29, 0.717) is 26.2 Å². The van der Waals surface area contributed by atoms with Gasteiger partial charge in [0.2, 0.25) is 10.0 Å². The van der Waals surface area contributed by atoms with Crippen molar-refractivity contribution >= 4 is 39.7 Å². The van der Waals surface area contributed by atoms with Crippen LogP contribution in [0.4, 0.5) is 0 Å². The molecule has 0 aromatic carbocycles. The molecule has 1 unspecified atom stereocenters. The Balaban J connectivity index is 0.00000242. The second kappa shape index (κ2) is 8.26. The highest BCUT2D eigenvalue weighted by Gasteiger charge is 2.31. The standard InChI is InChI=1S/C13H21N3O3S2.ClH/c1-10(8-14)9-15-13(17)12-11(4-7-20-12)21(18,19)16-5-2-3-6-16;/h4,7,10H,2-3,5-6,8-9,14H2,1H3,(H,15,17);1H. The van der Waals surface area contributed by atoms with Gasteiger partial charge in [0.1, 0.15) is 9.77 Å². The topological polar surface area (TPSA) is 92.5 Å². The molecule has 6 nitrogen and oxygen atoms in total. The quantitative estimate of drug-likeness (QED) is 0.792. The summed E-state index contributed by atoms with van der Waals surface area (Å²) in [4.78, 5) is 12.6. The van der Waals surface area contributed by atoms with Crippen LogP contribution < -0.4 is 11.1 Å². The highest BCUT2D eigenvalue weighted by Crippen LogP contribution is 2.27. The van der Waals surface area contributed by atoms with Gasteiger partial charge in [0.15, 0.2) is 0 Å². The molecule has 22 heavy (non-hydrogen) atoms. The third kappa shape index (κ3) is 4.20. The molecule has 9 heteroatoms. The Kier molecular flexibility index (Phi) is 7.27. The minimum atomic E-state index is -3.56. The van der Waals surface area contributed by atoms with Gasteiger partial charge in [-0.3, -0.25) is 4.79 Å². The minimum Gasteiger partial charge on any atom is -0.351 e. The molecule has 1 aliphatic rings. The van der Waals surface area contributed by atoms with Crippen LogP contribution in [-0.2, 0) is 10.0 Å². The van der Waals surface area contributed by atoms with Crippen molar-refractivity contribution in [3.63, 3.8) is 0 Å². The van der Waals surface area contributed by atoms with E-state index in [9.17, 15) is 13.2 Å². The maximum absolute atomic E-state index is 12.5. The van der Waals surface area contributed by atoms with Crippen LogP contribution in [0, 0.1) is 5.92 Å². The Labute approximate surface area is 141 Å². The largest absolute Gasteiger partial charge is 0.351 e. The molecule has 0 radical (unpaired) electrons. The van der Waals surface area contributed by atoms with Crippen molar-refractivity contribution < 1.29 is 13.2 Å². The van der Waals surface area contributed by atoms with Crippen molar-refractivity contribution in [1.29, 1.82) is 0 Å². The molecule has 1 aromatic rings.